The van der Waals surface area contributed by atoms with Crippen molar-refractivity contribution in [2.75, 3.05) is 0 Å². The van der Waals surface area contributed by atoms with E-state index in [1.54, 1.807) is 0 Å². The molecule has 1 atom stereocenters. The number of aromatic nitrogens is 1. The smallest absolute Gasteiger partial charge is 0.159 e. The molecule has 0 radical (unpaired) electrons. The van der Waals surface area contributed by atoms with Crippen molar-refractivity contribution in [3.63, 3.8) is 0 Å². The van der Waals surface area contributed by atoms with Gasteiger partial charge in [0.1, 0.15) is 23.2 Å². The number of furan rings is 1. The van der Waals surface area contributed by atoms with Gasteiger partial charge in [0, 0.05) is 58.5 Å². The second kappa shape index (κ2) is 12.6. The fourth-order valence-corrected chi connectivity index (χ4v) is 9.78. The lowest BCUT2D eigenvalue weighted by Gasteiger charge is -2.23. The van der Waals surface area contributed by atoms with Gasteiger partial charge in [-0.25, -0.2) is 9.98 Å². The minimum absolute atomic E-state index is 0.271. The van der Waals surface area contributed by atoms with Gasteiger partial charge in [0.2, 0.25) is 0 Å². The highest BCUT2D eigenvalue weighted by Crippen LogP contribution is 2.42. The zero-order valence-corrected chi connectivity index (χ0v) is 31.4. The van der Waals surface area contributed by atoms with Crippen LogP contribution in [-0.4, -0.2) is 16.2 Å². The van der Waals surface area contributed by atoms with Crippen LogP contribution in [0, 0.1) is 0 Å². The number of benzene rings is 8. The van der Waals surface area contributed by atoms with Crippen molar-refractivity contribution in [2.45, 2.75) is 6.17 Å². The van der Waals surface area contributed by atoms with Crippen LogP contribution in [0.1, 0.15) is 22.9 Å². The lowest BCUT2D eigenvalue weighted by molar-refractivity contribution is 0.668. The van der Waals surface area contributed by atoms with E-state index in [1.807, 2.05) is 47.7 Å². The minimum Gasteiger partial charge on any atom is -0.456 e. The molecule has 6 heteroatoms. The third kappa shape index (κ3) is 5.15. The molecule has 8 aromatic carbocycles. The topological polar surface area (TPSA) is 54.8 Å². The Bertz CT molecular complexity index is 3390. The van der Waals surface area contributed by atoms with Crippen molar-refractivity contribution in [1.29, 1.82) is 0 Å². The first-order chi connectivity index (χ1) is 28.2. The summed E-state index contributed by atoms with van der Waals surface area (Å²) >= 11 is 1.85. The molecular formula is C51H32N4OS. The fourth-order valence-electron chi connectivity index (χ4n) is 8.61. The van der Waals surface area contributed by atoms with Gasteiger partial charge >= 0.3 is 0 Å². The van der Waals surface area contributed by atoms with E-state index in [0.717, 1.165) is 55.6 Å². The summed E-state index contributed by atoms with van der Waals surface area (Å²) in [6, 6.07) is 64.4. The van der Waals surface area contributed by atoms with Crippen molar-refractivity contribution in [2.24, 2.45) is 9.98 Å². The summed E-state index contributed by atoms with van der Waals surface area (Å²) in [7, 11) is 0. The highest BCUT2D eigenvalue weighted by atomic mass is 32.1. The predicted octanol–water partition coefficient (Wildman–Crippen LogP) is 13.2. The Labute approximate surface area is 331 Å². The summed E-state index contributed by atoms with van der Waals surface area (Å²) in [5.41, 5.74) is 10.6. The van der Waals surface area contributed by atoms with Crippen molar-refractivity contribution >= 4 is 86.9 Å². The molecule has 1 aliphatic rings. The van der Waals surface area contributed by atoms with Gasteiger partial charge in [0.15, 0.2) is 5.84 Å². The monoisotopic (exact) mass is 748 g/mol. The average molecular weight is 749 g/mol. The Hall–Kier alpha value is -7.28. The number of nitrogens with zero attached hydrogens (tertiary/aromatic N) is 3. The first kappa shape index (κ1) is 32.0. The molecule has 1 unspecified atom stereocenters. The molecule has 0 fully saturated rings. The molecule has 0 amide bonds. The quantitative estimate of drug-likeness (QED) is 0.191. The number of aliphatic imine (C=N–C) groups is 2. The lowest BCUT2D eigenvalue weighted by Crippen LogP contribution is -2.33. The number of rotatable bonds is 5. The number of thiophene rings is 1. The highest BCUT2D eigenvalue weighted by molar-refractivity contribution is 7.25. The van der Waals surface area contributed by atoms with Gasteiger partial charge in [0.25, 0.3) is 0 Å². The van der Waals surface area contributed by atoms with Crippen LogP contribution in [0.4, 0.5) is 0 Å². The van der Waals surface area contributed by atoms with E-state index in [4.69, 9.17) is 14.4 Å². The van der Waals surface area contributed by atoms with E-state index < -0.39 is 0 Å². The van der Waals surface area contributed by atoms with Crippen LogP contribution >= 0.6 is 11.3 Å². The van der Waals surface area contributed by atoms with E-state index in [2.05, 4.69) is 155 Å². The Kier molecular flexibility index (Phi) is 7.09. The first-order valence-electron chi connectivity index (χ1n) is 19.2. The van der Waals surface area contributed by atoms with Crippen LogP contribution in [0.25, 0.3) is 80.7 Å². The van der Waals surface area contributed by atoms with E-state index >= 15 is 0 Å². The van der Waals surface area contributed by atoms with Gasteiger partial charge < -0.3 is 14.3 Å². The van der Waals surface area contributed by atoms with Crippen molar-refractivity contribution in [3.05, 3.63) is 199 Å². The molecule has 268 valence electrons. The first-order valence-corrected chi connectivity index (χ1v) is 20.0. The molecule has 0 bridgehead atoms. The summed E-state index contributed by atoms with van der Waals surface area (Å²) in [4.78, 5) is 10.1. The maximum Gasteiger partial charge on any atom is 0.159 e. The molecule has 1 N–H and O–H groups in total. The third-order valence-corrected chi connectivity index (χ3v) is 12.4. The number of hydrogen-bond donors (Lipinski definition) is 1. The van der Waals surface area contributed by atoms with Gasteiger partial charge in [0.05, 0.1) is 11.0 Å². The van der Waals surface area contributed by atoms with Crippen LogP contribution in [0.3, 0.4) is 0 Å². The van der Waals surface area contributed by atoms with Crippen LogP contribution in [0.5, 0.6) is 0 Å². The van der Waals surface area contributed by atoms with Crippen LogP contribution < -0.4 is 5.32 Å². The molecular weight excluding hydrogens is 717 g/mol. The van der Waals surface area contributed by atoms with Crippen molar-refractivity contribution < 1.29 is 4.42 Å². The molecule has 11 aromatic rings. The van der Waals surface area contributed by atoms with Crippen LogP contribution in [-0.2, 0) is 0 Å². The second-order valence-electron chi connectivity index (χ2n) is 14.6. The van der Waals surface area contributed by atoms with Gasteiger partial charge in [-0.3, -0.25) is 0 Å². The highest BCUT2D eigenvalue weighted by Gasteiger charge is 2.23. The second-order valence-corrected chi connectivity index (χ2v) is 15.7. The van der Waals surface area contributed by atoms with Crippen molar-refractivity contribution in [3.8, 4) is 16.8 Å². The predicted molar refractivity (Wildman–Crippen MR) is 238 cm³/mol. The normalized spacial score (nSPS) is 14.5. The van der Waals surface area contributed by atoms with E-state index in [9.17, 15) is 0 Å². The maximum absolute atomic E-state index is 6.50. The molecule has 12 rings (SSSR count). The SMILES string of the molecule is c1ccc(C2=NC(c3ccccc3)NC(c3ccc4oc5cccc(-c6ccc7c(c6)sc6cc(-n8c9ccccc9c9ccccc98)ccc67)c5c4c3)=N2)cc1. The third-order valence-electron chi connectivity index (χ3n) is 11.3. The fraction of sp³-hybridized carbons (Fsp3) is 0.0196. The van der Waals surface area contributed by atoms with Gasteiger partial charge in [-0.2, -0.15) is 0 Å². The van der Waals surface area contributed by atoms with Gasteiger partial charge in [-0.15, -0.1) is 11.3 Å². The molecule has 0 aliphatic carbocycles. The van der Waals surface area contributed by atoms with Crippen LogP contribution in [0.15, 0.2) is 196 Å². The van der Waals surface area contributed by atoms with E-state index in [0.29, 0.717) is 5.84 Å². The molecule has 57 heavy (non-hydrogen) atoms. The Morgan fingerprint density at radius 3 is 1.98 bits per heavy atom. The molecule has 5 nitrogen and oxygen atoms in total. The summed E-state index contributed by atoms with van der Waals surface area (Å²) in [5.74, 6) is 1.48. The van der Waals surface area contributed by atoms with Crippen molar-refractivity contribution in [1.82, 2.24) is 9.88 Å². The molecule has 0 spiro atoms. The van der Waals surface area contributed by atoms with E-state index in [1.165, 1.54) is 47.7 Å². The zero-order valence-electron chi connectivity index (χ0n) is 30.6. The molecule has 0 saturated heterocycles. The summed E-state index contributed by atoms with van der Waals surface area (Å²) in [5, 5.41) is 10.9. The molecule has 1 aliphatic heterocycles. The standard InChI is InChI=1S/C51H32N4OS/c1-3-12-31(13-4-1)49-52-50(32-14-5-2-6-15-32)54-51(53-49)34-23-27-44-41(28-34)48-36(18-11-21-45(48)56-44)33-22-25-39-40-26-24-35(30-47(40)57-46(39)29-33)55-42-19-9-7-16-37(42)38-17-8-10-20-43(38)55/h1-30,49H,(H,52,53,54). The summed E-state index contributed by atoms with van der Waals surface area (Å²) in [6.45, 7) is 0. The van der Waals surface area contributed by atoms with Gasteiger partial charge in [-0.1, -0.05) is 127 Å². The number of amidine groups is 2. The molecule has 0 saturated carbocycles. The minimum atomic E-state index is -0.271. The summed E-state index contributed by atoms with van der Waals surface area (Å²) in [6.07, 6.45) is -0.271. The maximum atomic E-state index is 6.50. The molecule has 3 aromatic heterocycles. The Morgan fingerprint density at radius 2 is 1.19 bits per heavy atom. The lowest BCUT2D eigenvalue weighted by atomic mass is 9.97. The number of nitrogens with one attached hydrogen (secondary N) is 1. The zero-order chi connectivity index (χ0) is 37.5. The van der Waals surface area contributed by atoms with E-state index in [-0.39, 0.29) is 6.17 Å². The number of fused-ring (bicyclic) bond motifs is 9. The number of hydrogen-bond acceptors (Lipinski definition) is 5. The van der Waals surface area contributed by atoms with Crippen LogP contribution in [0.2, 0.25) is 0 Å². The molecule has 4 heterocycles. The average Bonchev–Trinajstić information content (AvgIpc) is 3.95. The summed E-state index contributed by atoms with van der Waals surface area (Å²) < 4.78 is 11.4. The van der Waals surface area contributed by atoms with Gasteiger partial charge in [-0.05, 0) is 71.3 Å². The largest absolute Gasteiger partial charge is 0.456 e. The number of para-hydroxylation sites is 2. The Morgan fingerprint density at radius 1 is 0.509 bits per heavy atom. The Balaban J connectivity index is 0.967.